The topological polar surface area (TPSA) is 67.4 Å². The lowest BCUT2D eigenvalue weighted by Crippen LogP contribution is -2.29. The summed E-state index contributed by atoms with van der Waals surface area (Å²) in [6.45, 7) is 0.524. The maximum absolute atomic E-state index is 13.5. The van der Waals surface area contributed by atoms with Crippen LogP contribution in [0.15, 0.2) is 12.1 Å². The first-order chi connectivity index (χ1) is 7.63. The second kappa shape index (κ2) is 3.93. The van der Waals surface area contributed by atoms with Gasteiger partial charge in [0.15, 0.2) is 11.6 Å². The highest BCUT2D eigenvalue weighted by Gasteiger charge is 2.27. The number of halogens is 2. The largest absolute Gasteiger partial charge is 0.761 e. The Labute approximate surface area is 89.6 Å². The Morgan fingerprint density at radius 2 is 2.00 bits per heavy atom. The predicted molar refractivity (Wildman–Crippen MR) is 54.1 cm³/mol. The van der Waals surface area contributed by atoms with E-state index in [2.05, 4.69) is 5.32 Å². The van der Waals surface area contributed by atoms with Crippen LogP contribution >= 0.6 is 0 Å². The van der Waals surface area contributed by atoms with Crippen LogP contribution in [0.2, 0.25) is 0 Å². The molecule has 0 radical (unpaired) electrons. The number of nitrogens with one attached hydrogen (secondary N) is 2. The molecule has 0 saturated carbocycles. The fourth-order valence-electron chi connectivity index (χ4n) is 1.57. The zero-order valence-corrected chi connectivity index (χ0v) is 8.09. The quantitative estimate of drug-likeness (QED) is 0.752. The Bertz CT molecular complexity index is 416. The zero-order chi connectivity index (χ0) is 11.7. The molecule has 2 N–H and O–H groups in total. The number of carbonyl (C=O) groups excluding carboxylic acids is 1. The van der Waals surface area contributed by atoms with Gasteiger partial charge in [0.1, 0.15) is 5.69 Å². The van der Waals surface area contributed by atoms with Crippen LogP contribution in [0.5, 0.6) is 0 Å². The Kier molecular flexibility index (Phi) is 2.61. The maximum Gasteiger partial charge on any atom is 0.322 e. The Morgan fingerprint density at radius 3 is 2.44 bits per heavy atom. The van der Waals surface area contributed by atoms with Crippen molar-refractivity contribution in [1.29, 1.82) is 0 Å². The number of hydrogen-bond donors (Lipinski definition) is 2. The highest BCUT2D eigenvalue weighted by atomic mass is 19.1. The standard InChI is InChI=1S/C9H8F2N3O2/c10-6-3-5(13-16)4-7(11)8(6)14-2-1-12-9(14)15/h3-4,13H,1-2H2,(H,12,15)/q-1. The van der Waals surface area contributed by atoms with Gasteiger partial charge in [0, 0.05) is 18.8 Å². The van der Waals surface area contributed by atoms with E-state index < -0.39 is 23.4 Å². The van der Waals surface area contributed by atoms with Gasteiger partial charge in [-0.15, -0.1) is 0 Å². The molecule has 1 aliphatic heterocycles. The summed E-state index contributed by atoms with van der Waals surface area (Å²) >= 11 is 0. The van der Waals surface area contributed by atoms with Crippen molar-refractivity contribution in [3.8, 4) is 0 Å². The van der Waals surface area contributed by atoms with E-state index in [0.29, 0.717) is 6.54 Å². The van der Waals surface area contributed by atoms with Crippen molar-refractivity contribution in [2.24, 2.45) is 0 Å². The van der Waals surface area contributed by atoms with Crippen molar-refractivity contribution in [2.75, 3.05) is 23.5 Å². The molecular formula is C9H8F2N3O2-. The average molecular weight is 228 g/mol. The average Bonchev–Trinajstić information content (AvgIpc) is 2.64. The third kappa shape index (κ3) is 1.65. The predicted octanol–water partition coefficient (Wildman–Crippen LogP) is 1.40. The summed E-state index contributed by atoms with van der Waals surface area (Å²) < 4.78 is 27.0. The van der Waals surface area contributed by atoms with Crippen LogP contribution in [-0.4, -0.2) is 19.1 Å². The molecule has 0 aromatic heterocycles. The van der Waals surface area contributed by atoms with Crippen molar-refractivity contribution >= 4 is 17.4 Å². The summed E-state index contributed by atoms with van der Waals surface area (Å²) in [5.74, 6) is -1.90. The summed E-state index contributed by atoms with van der Waals surface area (Å²) in [5.41, 5.74) is 0.729. The fraction of sp³-hybridized carbons (Fsp3) is 0.222. The first kappa shape index (κ1) is 10.6. The fourth-order valence-corrected chi connectivity index (χ4v) is 1.57. The number of rotatable bonds is 2. The van der Waals surface area contributed by atoms with Crippen molar-refractivity contribution < 1.29 is 13.6 Å². The molecule has 16 heavy (non-hydrogen) atoms. The van der Waals surface area contributed by atoms with Crippen LogP contribution in [0, 0.1) is 16.8 Å². The van der Waals surface area contributed by atoms with Crippen molar-refractivity contribution in [1.82, 2.24) is 5.32 Å². The van der Waals surface area contributed by atoms with E-state index >= 15 is 0 Å². The van der Waals surface area contributed by atoms with Crippen molar-refractivity contribution in [3.05, 3.63) is 29.0 Å². The van der Waals surface area contributed by atoms with Gasteiger partial charge in [-0.3, -0.25) is 4.90 Å². The van der Waals surface area contributed by atoms with Gasteiger partial charge >= 0.3 is 6.03 Å². The monoisotopic (exact) mass is 228 g/mol. The van der Waals surface area contributed by atoms with Gasteiger partial charge in [-0.05, 0) is 12.1 Å². The Hall–Kier alpha value is -1.89. The van der Waals surface area contributed by atoms with E-state index in [1.165, 1.54) is 5.48 Å². The molecule has 2 amide bonds. The number of anilines is 2. The van der Waals surface area contributed by atoms with Crippen LogP contribution in [0.3, 0.4) is 0 Å². The molecule has 0 unspecified atom stereocenters. The molecule has 2 rings (SSSR count). The molecule has 7 heteroatoms. The number of hydrogen-bond acceptors (Lipinski definition) is 3. The van der Waals surface area contributed by atoms with Crippen LogP contribution < -0.4 is 15.7 Å². The maximum atomic E-state index is 13.5. The highest BCUT2D eigenvalue weighted by Crippen LogP contribution is 2.27. The summed E-state index contributed by atoms with van der Waals surface area (Å²) in [6.07, 6.45) is 0. The molecular weight excluding hydrogens is 220 g/mol. The van der Waals surface area contributed by atoms with Gasteiger partial charge in [-0.2, -0.15) is 0 Å². The van der Waals surface area contributed by atoms with Crippen molar-refractivity contribution in [3.63, 3.8) is 0 Å². The number of amides is 2. The van der Waals surface area contributed by atoms with Crippen LogP contribution in [0.25, 0.3) is 0 Å². The lowest BCUT2D eigenvalue weighted by atomic mass is 10.2. The molecule has 0 aliphatic carbocycles. The Morgan fingerprint density at radius 1 is 1.38 bits per heavy atom. The SMILES string of the molecule is O=C1NCCN1c1c(F)cc(N[O-])cc1F. The van der Waals surface area contributed by atoms with E-state index in [4.69, 9.17) is 0 Å². The van der Waals surface area contributed by atoms with Gasteiger partial charge in [-0.1, -0.05) is 0 Å². The van der Waals surface area contributed by atoms with Gasteiger partial charge in [0.25, 0.3) is 0 Å². The normalized spacial score (nSPS) is 15.2. The van der Waals surface area contributed by atoms with E-state index in [1.54, 1.807) is 0 Å². The molecule has 1 aliphatic rings. The van der Waals surface area contributed by atoms with E-state index in [1.807, 2.05) is 0 Å². The lowest BCUT2D eigenvalue weighted by Gasteiger charge is -2.18. The van der Waals surface area contributed by atoms with Gasteiger partial charge < -0.3 is 16.0 Å². The molecule has 0 bridgehead atoms. The molecule has 1 aromatic carbocycles. The smallest absolute Gasteiger partial charge is 0.322 e. The minimum absolute atomic E-state index is 0.191. The highest BCUT2D eigenvalue weighted by molar-refractivity contribution is 5.94. The zero-order valence-electron chi connectivity index (χ0n) is 8.09. The summed E-state index contributed by atoms with van der Waals surface area (Å²) in [5, 5.41) is 12.7. The van der Waals surface area contributed by atoms with Crippen LogP contribution in [0.4, 0.5) is 25.0 Å². The third-order valence-corrected chi connectivity index (χ3v) is 2.26. The van der Waals surface area contributed by atoms with Crippen molar-refractivity contribution in [2.45, 2.75) is 0 Å². The third-order valence-electron chi connectivity index (χ3n) is 2.26. The lowest BCUT2D eigenvalue weighted by molar-refractivity contribution is 0.251. The van der Waals surface area contributed by atoms with Gasteiger partial charge in [0.2, 0.25) is 0 Å². The summed E-state index contributed by atoms with van der Waals surface area (Å²) in [6, 6.07) is 1.13. The molecule has 0 spiro atoms. The molecule has 1 aromatic rings. The van der Waals surface area contributed by atoms with E-state index in [9.17, 15) is 18.8 Å². The molecule has 1 saturated heterocycles. The number of benzene rings is 1. The molecule has 86 valence electrons. The molecule has 0 atom stereocenters. The number of carbonyl (C=O) groups is 1. The Balaban J connectivity index is 2.44. The van der Waals surface area contributed by atoms with E-state index in [0.717, 1.165) is 17.0 Å². The second-order valence-electron chi connectivity index (χ2n) is 3.27. The first-order valence-corrected chi connectivity index (χ1v) is 4.56. The minimum atomic E-state index is -0.949. The minimum Gasteiger partial charge on any atom is -0.761 e. The second-order valence-corrected chi connectivity index (χ2v) is 3.27. The molecule has 1 fully saturated rings. The van der Waals surface area contributed by atoms with Gasteiger partial charge in [0.05, 0.1) is 0 Å². The van der Waals surface area contributed by atoms with E-state index in [-0.39, 0.29) is 12.2 Å². The number of nitrogens with zero attached hydrogens (tertiary/aromatic N) is 1. The van der Waals surface area contributed by atoms with Gasteiger partial charge in [-0.25, -0.2) is 13.6 Å². The summed E-state index contributed by atoms with van der Waals surface area (Å²) in [4.78, 5) is 12.2. The number of urea groups is 1. The molecule has 5 nitrogen and oxygen atoms in total. The summed E-state index contributed by atoms with van der Waals surface area (Å²) in [7, 11) is 0. The first-order valence-electron chi connectivity index (χ1n) is 4.56. The van der Waals surface area contributed by atoms with Crippen LogP contribution in [0.1, 0.15) is 0 Å². The van der Waals surface area contributed by atoms with Crippen LogP contribution in [-0.2, 0) is 0 Å². The molecule has 1 heterocycles.